The Balaban J connectivity index is 2.30. The van der Waals surface area contributed by atoms with Crippen LogP contribution in [-0.2, 0) is 0 Å². The van der Waals surface area contributed by atoms with Gasteiger partial charge in [-0.2, -0.15) is 0 Å². The topological polar surface area (TPSA) is 67.3 Å². The van der Waals surface area contributed by atoms with Gasteiger partial charge in [0.25, 0.3) is 0 Å². The predicted octanol–water partition coefficient (Wildman–Crippen LogP) is 2.29. The Labute approximate surface area is 105 Å². The molecule has 0 spiro atoms. The molecule has 1 aromatic heterocycles. The molecule has 1 aromatic carbocycles. The lowest BCUT2D eigenvalue weighted by Gasteiger charge is -2.06. The minimum atomic E-state index is 0.110. The lowest BCUT2D eigenvalue weighted by atomic mass is 10.1. The Morgan fingerprint density at radius 3 is 2.67 bits per heavy atom. The average Bonchev–Trinajstić information content (AvgIpc) is 2.41. The number of phenolic OH excluding ortho intramolecular Hbond substituents is 1. The van der Waals surface area contributed by atoms with Gasteiger partial charge in [-0.15, -0.1) is 10.2 Å². The summed E-state index contributed by atoms with van der Waals surface area (Å²) in [5.41, 5.74) is 1.58. The van der Waals surface area contributed by atoms with E-state index in [2.05, 4.69) is 15.5 Å². The molecule has 18 heavy (non-hydrogen) atoms. The number of hydrogen-bond donors (Lipinski definition) is 2. The number of aromatic hydroxyl groups is 1. The van der Waals surface area contributed by atoms with Crippen molar-refractivity contribution >= 4 is 5.82 Å². The third-order valence-electron chi connectivity index (χ3n) is 2.50. The number of hydrogen-bond acceptors (Lipinski definition) is 5. The van der Waals surface area contributed by atoms with E-state index in [1.807, 2.05) is 19.1 Å². The molecule has 0 bridgehead atoms. The van der Waals surface area contributed by atoms with E-state index in [9.17, 15) is 5.11 Å². The first-order chi connectivity index (χ1) is 8.74. The Morgan fingerprint density at radius 1 is 1.22 bits per heavy atom. The second-order valence-electron chi connectivity index (χ2n) is 3.72. The molecule has 0 aliphatic rings. The fourth-order valence-corrected chi connectivity index (χ4v) is 1.60. The van der Waals surface area contributed by atoms with E-state index in [4.69, 9.17) is 4.74 Å². The molecule has 0 aliphatic heterocycles. The summed E-state index contributed by atoms with van der Waals surface area (Å²) in [5, 5.41) is 20.8. The smallest absolute Gasteiger partial charge is 0.161 e. The summed E-state index contributed by atoms with van der Waals surface area (Å²) in [7, 11) is 1.51. The number of nitrogens with zero attached hydrogens (tertiary/aromatic N) is 2. The number of aromatic nitrogens is 2. The molecule has 0 saturated carbocycles. The highest BCUT2D eigenvalue weighted by Crippen LogP contribution is 2.30. The second-order valence-corrected chi connectivity index (χ2v) is 3.72. The number of nitrogens with one attached hydrogen (secondary N) is 1. The molecule has 0 unspecified atom stereocenters. The van der Waals surface area contributed by atoms with Crippen molar-refractivity contribution in [1.82, 2.24) is 10.2 Å². The summed E-state index contributed by atoms with van der Waals surface area (Å²) in [6.45, 7) is 2.81. The molecule has 2 aromatic rings. The molecule has 2 N–H and O–H groups in total. The number of anilines is 1. The molecule has 5 nitrogen and oxygen atoms in total. The molecule has 0 atom stereocenters. The van der Waals surface area contributed by atoms with Crippen LogP contribution in [0.15, 0.2) is 30.3 Å². The van der Waals surface area contributed by atoms with E-state index in [-0.39, 0.29) is 5.75 Å². The molecular formula is C13H15N3O2. The summed E-state index contributed by atoms with van der Waals surface area (Å²) in [4.78, 5) is 0. The standard InChI is InChI=1S/C13H15N3O2/c1-3-14-13-7-5-10(15-16-13)9-4-6-11(17)12(8-9)18-2/h4-8,17H,3H2,1-2H3,(H,14,16). The van der Waals surface area contributed by atoms with Crippen LogP contribution in [0.1, 0.15) is 6.92 Å². The second kappa shape index (κ2) is 5.35. The third-order valence-corrected chi connectivity index (χ3v) is 2.50. The highest BCUT2D eigenvalue weighted by Gasteiger charge is 2.06. The Hall–Kier alpha value is -2.30. The molecule has 0 aliphatic carbocycles. The van der Waals surface area contributed by atoms with Gasteiger partial charge in [0, 0.05) is 12.1 Å². The first-order valence-corrected chi connectivity index (χ1v) is 5.69. The van der Waals surface area contributed by atoms with Crippen LogP contribution < -0.4 is 10.1 Å². The summed E-state index contributed by atoms with van der Waals surface area (Å²) >= 11 is 0. The normalized spacial score (nSPS) is 10.1. The zero-order valence-electron chi connectivity index (χ0n) is 10.3. The van der Waals surface area contributed by atoms with E-state index in [1.165, 1.54) is 7.11 Å². The summed E-state index contributed by atoms with van der Waals surface area (Å²) in [6, 6.07) is 8.82. The van der Waals surface area contributed by atoms with Crippen LogP contribution in [0.25, 0.3) is 11.3 Å². The zero-order valence-corrected chi connectivity index (χ0v) is 10.3. The van der Waals surface area contributed by atoms with Gasteiger partial charge in [-0.3, -0.25) is 0 Å². The van der Waals surface area contributed by atoms with Crippen molar-refractivity contribution in [3.63, 3.8) is 0 Å². The maximum atomic E-state index is 9.52. The number of rotatable bonds is 4. The van der Waals surface area contributed by atoms with Crippen molar-refractivity contribution in [2.75, 3.05) is 19.0 Å². The number of benzene rings is 1. The lowest BCUT2D eigenvalue weighted by Crippen LogP contribution is -2.00. The van der Waals surface area contributed by atoms with Gasteiger partial charge >= 0.3 is 0 Å². The summed E-state index contributed by atoms with van der Waals surface area (Å²) in [5.74, 6) is 1.27. The van der Waals surface area contributed by atoms with Gasteiger partial charge in [-0.25, -0.2) is 0 Å². The molecule has 5 heteroatoms. The number of phenols is 1. The van der Waals surface area contributed by atoms with Crippen molar-refractivity contribution in [2.45, 2.75) is 6.92 Å². The van der Waals surface area contributed by atoms with E-state index in [1.54, 1.807) is 18.2 Å². The van der Waals surface area contributed by atoms with Crippen molar-refractivity contribution in [1.29, 1.82) is 0 Å². The largest absolute Gasteiger partial charge is 0.504 e. The van der Waals surface area contributed by atoms with Crippen LogP contribution in [0.3, 0.4) is 0 Å². The highest BCUT2D eigenvalue weighted by atomic mass is 16.5. The molecule has 0 saturated heterocycles. The monoisotopic (exact) mass is 245 g/mol. The Morgan fingerprint density at radius 2 is 2.06 bits per heavy atom. The number of methoxy groups -OCH3 is 1. The van der Waals surface area contributed by atoms with E-state index in [0.29, 0.717) is 5.75 Å². The Kier molecular flexibility index (Phi) is 3.62. The molecular weight excluding hydrogens is 230 g/mol. The molecule has 2 rings (SSSR count). The fraction of sp³-hybridized carbons (Fsp3) is 0.231. The minimum absolute atomic E-state index is 0.110. The zero-order chi connectivity index (χ0) is 13.0. The van der Waals surface area contributed by atoms with Gasteiger partial charge < -0.3 is 15.2 Å². The molecule has 0 fully saturated rings. The van der Waals surface area contributed by atoms with Crippen LogP contribution in [0.5, 0.6) is 11.5 Å². The van der Waals surface area contributed by atoms with Gasteiger partial charge in [-0.1, -0.05) is 0 Å². The first-order valence-electron chi connectivity index (χ1n) is 5.69. The maximum Gasteiger partial charge on any atom is 0.161 e. The predicted molar refractivity (Wildman–Crippen MR) is 69.8 cm³/mol. The molecule has 94 valence electrons. The van der Waals surface area contributed by atoms with Crippen molar-refractivity contribution < 1.29 is 9.84 Å². The van der Waals surface area contributed by atoms with Gasteiger partial charge in [0.1, 0.15) is 5.82 Å². The molecule has 0 amide bonds. The first kappa shape index (κ1) is 12.2. The highest BCUT2D eigenvalue weighted by molar-refractivity contribution is 5.64. The van der Waals surface area contributed by atoms with Gasteiger partial charge in [0.2, 0.25) is 0 Å². The van der Waals surface area contributed by atoms with Crippen molar-refractivity contribution in [3.8, 4) is 22.8 Å². The SMILES string of the molecule is CCNc1ccc(-c2ccc(O)c(OC)c2)nn1. The average molecular weight is 245 g/mol. The molecule has 1 heterocycles. The summed E-state index contributed by atoms with van der Waals surface area (Å²) in [6.07, 6.45) is 0. The minimum Gasteiger partial charge on any atom is -0.504 e. The molecule has 0 radical (unpaired) electrons. The van der Waals surface area contributed by atoms with Crippen LogP contribution in [0, 0.1) is 0 Å². The fourth-order valence-electron chi connectivity index (χ4n) is 1.60. The maximum absolute atomic E-state index is 9.52. The van der Waals surface area contributed by atoms with Gasteiger partial charge in [0.15, 0.2) is 11.5 Å². The van der Waals surface area contributed by atoms with Crippen molar-refractivity contribution in [3.05, 3.63) is 30.3 Å². The Bertz CT molecular complexity index is 526. The van der Waals surface area contributed by atoms with E-state index in [0.717, 1.165) is 23.6 Å². The van der Waals surface area contributed by atoms with Crippen molar-refractivity contribution in [2.24, 2.45) is 0 Å². The number of ether oxygens (including phenoxy) is 1. The summed E-state index contributed by atoms with van der Waals surface area (Å²) < 4.78 is 5.06. The van der Waals surface area contributed by atoms with E-state index < -0.39 is 0 Å². The van der Waals surface area contributed by atoms with E-state index >= 15 is 0 Å². The van der Waals surface area contributed by atoms with Crippen LogP contribution >= 0.6 is 0 Å². The van der Waals surface area contributed by atoms with Gasteiger partial charge in [-0.05, 0) is 37.3 Å². The van der Waals surface area contributed by atoms with Crippen LogP contribution in [-0.4, -0.2) is 29.0 Å². The van der Waals surface area contributed by atoms with Crippen LogP contribution in [0.4, 0.5) is 5.82 Å². The lowest BCUT2D eigenvalue weighted by molar-refractivity contribution is 0.373. The van der Waals surface area contributed by atoms with Crippen LogP contribution in [0.2, 0.25) is 0 Å². The quantitative estimate of drug-likeness (QED) is 0.865. The third kappa shape index (κ3) is 2.51. The van der Waals surface area contributed by atoms with Gasteiger partial charge in [0.05, 0.1) is 12.8 Å².